The van der Waals surface area contributed by atoms with Crippen LogP contribution in [0.15, 0.2) is 18.2 Å². The molecule has 0 aliphatic heterocycles. The van der Waals surface area contributed by atoms with Crippen molar-refractivity contribution in [1.82, 2.24) is 10.2 Å². The van der Waals surface area contributed by atoms with E-state index in [-0.39, 0.29) is 5.91 Å². The first-order valence-electron chi connectivity index (χ1n) is 7.08. The highest BCUT2D eigenvalue weighted by Crippen LogP contribution is 2.26. The summed E-state index contributed by atoms with van der Waals surface area (Å²) in [7, 11) is 3.97. The van der Waals surface area contributed by atoms with Crippen LogP contribution in [0.4, 0.5) is 5.69 Å². The number of nitrogens with one attached hydrogen (secondary N) is 1. The zero-order valence-electron chi connectivity index (χ0n) is 13.0. The maximum absolute atomic E-state index is 12.1. The lowest BCUT2D eigenvalue weighted by Gasteiger charge is -2.13. The predicted octanol–water partition coefficient (Wildman–Crippen LogP) is 0.976. The molecule has 3 N–H and O–H groups in total. The molecule has 0 aliphatic rings. The Bertz CT molecular complexity index is 450. The van der Waals surface area contributed by atoms with Crippen molar-refractivity contribution in [3.05, 3.63) is 23.8 Å². The molecule has 0 saturated heterocycles. The van der Waals surface area contributed by atoms with Gasteiger partial charge in [0.05, 0.1) is 31.1 Å². The molecule has 0 fully saturated rings. The average molecular weight is 295 g/mol. The van der Waals surface area contributed by atoms with Crippen LogP contribution < -0.4 is 15.8 Å². The molecule has 1 aromatic rings. The molecule has 21 heavy (non-hydrogen) atoms. The van der Waals surface area contributed by atoms with Gasteiger partial charge in [0, 0.05) is 13.1 Å². The Balaban J connectivity index is 2.43. The number of hydrogen-bond acceptors (Lipinski definition) is 5. The smallest absolute Gasteiger partial charge is 0.255 e. The van der Waals surface area contributed by atoms with Crippen LogP contribution in [0.25, 0.3) is 0 Å². The Morgan fingerprint density at radius 1 is 1.33 bits per heavy atom. The van der Waals surface area contributed by atoms with E-state index in [0.29, 0.717) is 43.4 Å². The molecule has 1 amide bonds. The maximum atomic E-state index is 12.1. The molecule has 118 valence electrons. The molecule has 0 aliphatic carbocycles. The van der Waals surface area contributed by atoms with E-state index in [0.717, 1.165) is 6.54 Å². The van der Waals surface area contributed by atoms with Gasteiger partial charge in [-0.3, -0.25) is 4.79 Å². The molecule has 0 bridgehead atoms. The third-order valence-electron chi connectivity index (χ3n) is 2.79. The van der Waals surface area contributed by atoms with Gasteiger partial charge in [0.1, 0.15) is 0 Å². The molecule has 0 saturated carbocycles. The highest BCUT2D eigenvalue weighted by molar-refractivity contribution is 5.98. The number of nitrogens with zero attached hydrogens (tertiary/aromatic N) is 1. The molecule has 0 spiro atoms. The van der Waals surface area contributed by atoms with E-state index in [1.54, 1.807) is 18.2 Å². The van der Waals surface area contributed by atoms with Gasteiger partial charge in [-0.2, -0.15) is 0 Å². The third kappa shape index (κ3) is 6.01. The van der Waals surface area contributed by atoms with Gasteiger partial charge in [-0.15, -0.1) is 0 Å². The molecular weight excluding hydrogens is 270 g/mol. The molecule has 0 radical (unpaired) electrons. The monoisotopic (exact) mass is 295 g/mol. The molecule has 0 atom stereocenters. The normalized spacial score (nSPS) is 10.7. The van der Waals surface area contributed by atoms with Crippen molar-refractivity contribution < 1.29 is 14.3 Å². The number of anilines is 1. The van der Waals surface area contributed by atoms with E-state index in [9.17, 15) is 4.79 Å². The van der Waals surface area contributed by atoms with Gasteiger partial charge in [-0.25, -0.2) is 0 Å². The van der Waals surface area contributed by atoms with Crippen molar-refractivity contribution in [2.45, 2.75) is 6.92 Å². The third-order valence-corrected chi connectivity index (χ3v) is 2.79. The van der Waals surface area contributed by atoms with Crippen LogP contribution in [-0.2, 0) is 4.74 Å². The quantitative estimate of drug-likeness (QED) is 0.524. The van der Waals surface area contributed by atoms with Crippen molar-refractivity contribution in [2.24, 2.45) is 0 Å². The summed E-state index contributed by atoms with van der Waals surface area (Å²) in [6, 6.07) is 5.15. The predicted molar refractivity (Wildman–Crippen MR) is 83.7 cm³/mol. The number of carbonyl (C=O) groups excluding carboxylic acids is 1. The first-order chi connectivity index (χ1) is 10.1. The maximum Gasteiger partial charge on any atom is 0.255 e. The van der Waals surface area contributed by atoms with E-state index in [1.165, 1.54) is 0 Å². The van der Waals surface area contributed by atoms with Crippen LogP contribution in [0, 0.1) is 0 Å². The largest absolute Gasteiger partial charge is 0.491 e. The second-order valence-corrected chi connectivity index (χ2v) is 4.83. The highest BCUT2D eigenvalue weighted by Gasteiger charge is 2.14. The molecule has 6 nitrogen and oxygen atoms in total. The molecule has 0 aromatic heterocycles. The van der Waals surface area contributed by atoms with E-state index in [2.05, 4.69) is 5.32 Å². The number of hydrogen-bond donors (Lipinski definition) is 2. The summed E-state index contributed by atoms with van der Waals surface area (Å²) in [5.74, 6) is 0.230. The number of para-hydroxylation sites is 1. The van der Waals surface area contributed by atoms with Gasteiger partial charge in [-0.1, -0.05) is 6.07 Å². The molecule has 6 heteroatoms. The molecular formula is C15H25N3O3. The summed E-state index contributed by atoms with van der Waals surface area (Å²) < 4.78 is 10.9. The lowest BCUT2D eigenvalue weighted by molar-refractivity contribution is 0.0897. The van der Waals surface area contributed by atoms with Crippen molar-refractivity contribution in [1.29, 1.82) is 0 Å². The second kappa shape index (κ2) is 9.20. The Kier molecular flexibility index (Phi) is 7.56. The van der Waals surface area contributed by atoms with Crippen molar-refractivity contribution in [3.8, 4) is 5.75 Å². The molecule has 1 rings (SSSR count). The molecule has 0 unspecified atom stereocenters. The first-order valence-corrected chi connectivity index (χ1v) is 7.08. The number of nitrogens with two attached hydrogens (primary N) is 1. The zero-order chi connectivity index (χ0) is 15.7. The van der Waals surface area contributed by atoms with Crippen LogP contribution >= 0.6 is 0 Å². The van der Waals surface area contributed by atoms with E-state index in [1.807, 2.05) is 25.9 Å². The molecule has 1 aromatic carbocycles. The number of rotatable bonds is 9. The zero-order valence-corrected chi connectivity index (χ0v) is 13.0. The van der Waals surface area contributed by atoms with Crippen molar-refractivity contribution in [2.75, 3.05) is 52.7 Å². The van der Waals surface area contributed by atoms with Crippen molar-refractivity contribution in [3.63, 3.8) is 0 Å². The van der Waals surface area contributed by atoms with Crippen LogP contribution in [0.2, 0.25) is 0 Å². The highest BCUT2D eigenvalue weighted by atomic mass is 16.5. The Morgan fingerprint density at radius 2 is 2.10 bits per heavy atom. The van der Waals surface area contributed by atoms with E-state index < -0.39 is 0 Å². The number of amides is 1. The topological polar surface area (TPSA) is 76.8 Å². The number of benzene rings is 1. The Morgan fingerprint density at radius 3 is 2.76 bits per heavy atom. The van der Waals surface area contributed by atoms with Gasteiger partial charge < -0.3 is 25.4 Å². The van der Waals surface area contributed by atoms with Crippen LogP contribution in [0.1, 0.15) is 17.3 Å². The SMILES string of the molecule is CCOc1c(N)cccc1C(=O)NCCOCCN(C)C. The van der Waals surface area contributed by atoms with Crippen molar-refractivity contribution >= 4 is 11.6 Å². The summed E-state index contributed by atoms with van der Waals surface area (Å²) in [5.41, 5.74) is 6.75. The van der Waals surface area contributed by atoms with E-state index >= 15 is 0 Å². The molecule has 0 heterocycles. The van der Waals surface area contributed by atoms with Crippen LogP contribution in [0.5, 0.6) is 5.75 Å². The number of nitrogen functional groups attached to an aromatic ring is 1. The van der Waals surface area contributed by atoms with Gasteiger partial charge >= 0.3 is 0 Å². The summed E-state index contributed by atoms with van der Waals surface area (Å²) in [6.45, 7) is 4.75. The van der Waals surface area contributed by atoms with Gasteiger partial charge in [-0.05, 0) is 33.2 Å². The average Bonchev–Trinajstić information content (AvgIpc) is 2.44. The summed E-state index contributed by atoms with van der Waals surface area (Å²) in [4.78, 5) is 14.2. The fraction of sp³-hybridized carbons (Fsp3) is 0.533. The summed E-state index contributed by atoms with van der Waals surface area (Å²) in [5, 5.41) is 2.80. The Labute approximate surface area is 126 Å². The summed E-state index contributed by atoms with van der Waals surface area (Å²) in [6.07, 6.45) is 0. The standard InChI is InChI=1S/C15H25N3O3/c1-4-21-14-12(6-5-7-13(14)16)15(19)17-8-10-20-11-9-18(2)3/h5-7H,4,8-11,16H2,1-3H3,(H,17,19). The van der Waals surface area contributed by atoms with Crippen LogP contribution in [-0.4, -0.2) is 57.8 Å². The minimum absolute atomic E-state index is 0.207. The van der Waals surface area contributed by atoms with E-state index in [4.69, 9.17) is 15.2 Å². The van der Waals surface area contributed by atoms with Crippen LogP contribution in [0.3, 0.4) is 0 Å². The lowest BCUT2D eigenvalue weighted by atomic mass is 10.1. The second-order valence-electron chi connectivity index (χ2n) is 4.83. The number of ether oxygens (including phenoxy) is 2. The fourth-order valence-corrected chi connectivity index (χ4v) is 1.72. The Hall–Kier alpha value is -1.79. The van der Waals surface area contributed by atoms with Gasteiger partial charge in [0.15, 0.2) is 5.75 Å². The minimum Gasteiger partial charge on any atom is -0.491 e. The van der Waals surface area contributed by atoms with Gasteiger partial charge in [0.25, 0.3) is 5.91 Å². The number of likely N-dealkylation sites (N-methyl/N-ethyl adjacent to an activating group) is 1. The fourth-order valence-electron chi connectivity index (χ4n) is 1.72. The lowest BCUT2D eigenvalue weighted by Crippen LogP contribution is -2.28. The summed E-state index contributed by atoms with van der Waals surface area (Å²) >= 11 is 0. The first kappa shape index (κ1) is 17.3. The minimum atomic E-state index is -0.207. The van der Waals surface area contributed by atoms with Gasteiger partial charge in [0.2, 0.25) is 0 Å². The number of carbonyl (C=O) groups is 1.